The first-order valence-electron chi connectivity index (χ1n) is 11.1. The zero-order valence-corrected chi connectivity index (χ0v) is 19.1. The van der Waals surface area contributed by atoms with Gasteiger partial charge in [0.15, 0.2) is 0 Å². The predicted molar refractivity (Wildman–Crippen MR) is 128 cm³/mol. The zero-order valence-electron chi connectivity index (χ0n) is 19.1. The Balaban J connectivity index is 1.42. The van der Waals surface area contributed by atoms with Crippen LogP contribution in [0.1, 0.15) is 35.8 Å². The molecule has 3 heterocycles. The molecule has 0 bridgehead atoms. The monoisotopic (exact) mass is 441 g/mol. The highest BCUT2D eigenvalue weighted by molar-refractivity contribution is 5.74. The van der Waals surface area contributed by atoms with E-state index in [9.17, 15) is 0 Å². The van der Waals surface area contributed by atoms with Crippen molar-refractivity contribution in [3.05, 3.63) is 77.9 Å². The molecule has 33 heavy (non-hydrogen) atoms. The lowest BCUT2D eigenvalue weighted by Crippen LogP contribution is -2.18. The van der Waals surface area contributed by atoms with Crippen LogP contribution in [0.5, 0.6) is 11.5 Å². The van der Waals surface area contributed by atoms with E-state index in [1.807, 2.05) is 54.2 Å². The Hall–Kier alpha value is -3.87. The van der Waals surface area contributed by atoms with Gasteiger partial charge in [-0.25, -0.2) is 4.68 Å². The van der Waals surface area contributed by atoms with Crippen molar-refractivity contribution in [2.24, 2.45) is 0 Å². The minimum Gasteiger partial charge on any atom is -0.497 e. The van der Waals surface area contributed by atoms with Crippen LogP contribution in [0.3, 0.4) is 0 Å². The SMILES string of the molecule is COc1cccc(C2CCCn3nc(Nc4ccc(-c5ccnc(C)c5)c(OC)c4)nc32)c1. The fourth-order valence-corrected chi connectivity index (χ4v) is 4.43. The summed E-state index contributed by atoms with van der Waals surface area (Å²) < 4.78 is 13.1. The van der Waals surface area contributed by atoms with E-state index in [0.29, 0.717) is 5.95 Å². The summed E-state index contributed by atoms with van der Waals surface area (Å²) in [5, 5.41) is 8.09. The summed E-state index contributed by atoms with van der Waals surface area (Å²) in [6, 6.07) is 18.3. The molecule has 1 N–H and O–H groups in total. The Kier molecular flexibility index (Phi) is 5.69. The van der Waals surface area contributed by atoms with Crippen LogP contribution in [0.25, 0.3) is 11.1 Å². The number of ether oxygens (including phenoxy) is 2. The molecule has 0 amide bonds. The molecule has 2 aromatic carbocycles. The minimum absolute atomic E-state index is 0.198. The van der Waals surface area contributed by atoms with Gasteiger partial charge in [-0.1, -0.05) is 12.1 Å². The Morgan fingerprint density at radius 2 is 1.94 bits per heavy atom. The van der Waals surface area contributed by atoms with E-state index in [4.69, 9.17) is 19.6 Å². The van der Waals surface area contributed by atoms with Crippen molar-refractivity contribution in [2.45, 2.75) is 32.2 Å². The zero-order chi connectivity index (χ0) is 22.8. The largest absolute Gasteiger partial charge is 0.497 e. The number of rotatable bonds is 6. The first-order valence-corrected chi connectivity index (χ1v) is 11.1. The molecule has 2 aromatic heterocycles. The number of anilines is 2. The normalized spacial score (nSPS) is 15.1. The second-order valence-electron chi connectivity index (χ2n) is 8.21. The van der Waals surface area contributed by atoms with Crippen LogP contribution in [0, 0.1) is 6.92 Å². The lowest BCUT2D eigenvalue weighted by Gasteiger charge is -2.22. The standard InChI is InChI=1S/C26H27N5O2/c1-17-14-19(11-12-27-17)22-10-9-20(16-24(22)33-3)28-26-29-25-23(8-5-13-31(25)30-26)18-6-4-7-21(15-18)32-2/h4,6-7,9-12,14-16,23H,5,8,13H2,1-3H3,(H,28,30). The number of aryl methyl sites for hydroxylation is 2. The molecule has 0 spiro atoms. The van der Waals surface area contributed by atoms with Gasteiger partial charge >= 0.3 is 0 Å². The van der Waals surface area contributed by atoms with Gasteiger partial charge in [0, 0.05) is 41.7 Å². The number of nitrogens with zero attached hydrogens (tertiary/aromatic N) is 4. The smallest absolute Gasteiger partial charge is 0.246 e. The molecule has 5 rings (SSSR count). The van der Waals surface area contributed by atoms with Gasteiger partial charge in [0.2, 0.25) is 5.95 Å². The molecule has 0 saturated heterocycles. The Morgan fingerprint density at radius 3 is 2.76 bits per heavy atom. The van der Waals surface area contributed by atoms with Crippen LogP contribution in [-0.4, -0.2) is 34.0 Å². The number of methoxy groups -OCH3 is 2. The van der Waals surface area contributed by atoms with Gasteiger partial charge < -0.3 is 14.8 Å². The van der Waals surface area contributed by atoms with E-state index in [-0.39, 0.29) is 5.92 Å². The third-order valence-electron chi connectivity index (χ3n) is 6.04. The minimum atomic E-state index is 0.198. The van der Waals surface area contributed by atoms with Crippen molar-refractivity contribution in [1.82, 2.24) is 19.7 Å². The lowest BCUT2D eigenvalue weighted by molar-refractivity contribution is 0.411. The first-order chi connectivity index (χ1) is 16.1. The second kappa shape index (κ2) is 8.94. The van der Waals surface area contributed by atoms with E-state index in [1.165, 1.54) is 5.56 Å². The summed E-state index contributed by atoms with van der Waals surface area (Å²) in [7, 11) is 3.38. The van der Waals surface area contributed by atoms with Gasteiger partial charge in [-0.3, -0.25) is 4.98 Å². The average molecular weight is 442 g/mol. The summed E-state index contributed by atoms with van der Waals surface area (Å²) in [4.78, 5) is 9.14. The molecule has 7 nitrogen and oxygen atoms in total. The third kappa shape index (κ3) is 4.26. The van der Waals surface area contributed by atoms with Crippen molar-refractivity contribution in [2.75, 3.05) is 19.5 Å². The fourth-order valence-electron chi connectivity index (χ4n) is 4.43. The quantitative estimate of drug-likeness (QED) is 0.436. The van der Waals surface area contributed by atoms with Gasteiger partial charge in [-0.2, -0.15) is 4.98 Å². The van der Waals surface area contributed by atoms with Crippen LogP contribution < -0.4 is 14.8 Å². The lowest BCUT2D eigenvalue weighted by atomic mass is 9.91. The van der Waals surface area contributed by atoms with Gasteiger partial charge in [-0.05, 0) is 67.3 Å². The van der Waals surface area contributed by atoms with E-state index in [0.717, 1.165) is 59.2 Å². The molecule has 0 fully saturated rings. The molecule has 168 valence electrons. The molecular formula is C26H27N5O2. The van der Waals surface area contributed by atoms with E-state index < -0.39 is 0 Å². The maximum Gasteiger partial charge on any atom is 0.246 e. The van der Waals surface area contributed by atoms with Crippen LogP contribution >= 0.6 is 0 Å². The number of pyridine rings is 1. The van der Waals surface area contributed by atoms with E-state index in [2.05, 4.69) is 28.5 Å². The molecule has 1 atom stereocenters. The van der Waals surface area contributed by atoms with Crippen LogP contribution in [-0.2, 0) is 6.54 Å². The maximum absolute atomic E-state index is 5.68. The second-order valence-corrected chi connectivity index (χ2v) is 8.21. The van der Waals surface area contributed by atoms with Crippen molar-refractivity contribution in [1.29, 1.82) is 0 Å². The highest BCUT2D eigenvalue weighted by atomic mass is 16.5. The molecule has 0 saturated carbocycles. The Bertz CT molecular complexity index is 1280. The maximum atomic E-state index is 5.68. The number of aromatic nitrogens is 4. The summed E-state index contributed by atoms with van der Waals surface area (Å²) in [5.41, 5.74) is 5.14. The summed E-state index contributed by atoms with van der Waals surface area (Å²) in [5.74, 6) is 3.41. The molecule has 4 aromatic rings. The van der Waals surface area contributed by atoms with E-state index >= 15 is 0 Å². The number of hydrogen-bond donors (Lipinski definition) is 1. The number of nitrogens with one attached hydrogen (secondary N) is 1. The molecule has 1 unspecified atom stereocenters. The first kappa shape index (κ1) is 21.0. The summed E-state index contributed by atoms with van der Waals surface area (Å²) >= 11 is 0. The Morgan fingerprint density at radius 1 is 1.03 bits per heavy atom. The highest BCUT2D eigenvalue weighted by Gasteiger charge is 2.26. The molecular weight excluding hydrogens is 414 g/mol. The Labute approximate surface area is 193 Å². The third-order valence-corrected chi connectivity index (χ3v) is 6.04. The summed E-state index contributed by atoms with van der Waals surface area (Å²) in [6.45, 7) is 2.85. The number of hydrogen-bond acceptors (Lipinski definition) is 6. The fraction of sp³-hybridized carbons (Fsp3) is 0.269. The molecule has 0 radical (unpaired) electrons. The molecule has 7 heteroatoms. The van der Waals surface area contributed by atoms with Gasteiger partial charge in [-0.15, -0.1) is 5.10 Å². The molecule has 1 aliphatic heterocycles. The van der Waals surface area contributed by atoms with Crippen LogP contribution in [0.4, 0.5) is 11.6 Å². The number of fused-ring (bicyclic) bond motifs is 1. The van der Waals surface area contributed by atoms with Gasteiger partial charge in [0.25, 0.3) is 0 Å². The molecule has 1 aliphatic rings. The average Bonchev–Trinajstić information content (AvgIpc) is 3.26. The number of benzene rings is 2. The summed E-state index contributed by atoms with van der Waals surface area (Å²) in [6.07, 6.45) is 3.92. The van der Waals surface area contributed by atoms with Crippen molar-refractivity contribution < 1.29 is 9.47 Å². The molecule has 0 aliphatic carbocycles. The van der Waals surface area contributed by atoms with Crippen molar-refractivity contribution in [3.8, 4) is 22.6 Å². The highest BCUT2D eigenvalue weighted by Crippen LogP contribution is 2.36. The van der Waals surface area contributed by atoms with E-state index in [1.54, 1.807) is 14.2 Å². The van der Waals surface area contributed by atoms with Gasteiger partial charge in [0.05, 0.1) is 14.2 Å². The van der Waals surface area contributed by atoms with Crippen LogP contribution in [0.15, 0.2) is 60.8 Å². The predicted octanol–water partition coefficient (Wildman–Crippen LogP) is 5.34. The van der Waals surface area contributed by atoms with Crippen molar-refractivity contribution in [3.63, 3.8) is 0 Å². The van der Waals surface area contributed by atoms with Crippen LogP contribution in [0.2, 0.25) is 0 Å². The van der Waals surface area contributed by atoms with Crippen molar-refractivity contribution >= 4 is 11.6 Å². The van der Waals surface area contributed by atoms with Gasteiger partial charge in [0.1, 0.15) is 17.3 Å². The topological polar surface area (TPSA) is 74.1 Å².